The summed E-state index contributed by atoms with van der Waals surface area (Å²) in [6.07, 6.45) is 0.671. The summed E-state index contributed by atoms with van der Waals surface area (Å²) in [5.74, 6) is -0.480. The summed E-state index contributed by atoms with van der Waals surface area (Å²) in [6, 6.07) is 11.9. The van der Waals surface area contributed by atoms with Gasteiger partial charge in [0.25, 0.3) is 17.7 Å². The normalized spacial score (nSPS) is 12.4. The second kappa shape index (κ2) is 10.0. The molecular formula is C21H24ClN3O4. The fourth-order valence-corrected chi connectivity index (χ4v) is 3.10. The summed E-state index contributed by atoms with van der Waals surface area (Å²) in [6.45, 7) is 3.29. The molecule has 0 atom stereocenters. The molecule has 1 heterocycles. The molecule has 0 bridgehead atoms. The maximum atomic E-state index is 12.6. The highest BCUT2D eigenvalue weighted by Gasteiger charge is 2.35. The van der Waals surface area contributed by atoms with Crippen LogP contribution in [0.1, 0.15) is 50.0 Å². The summed E-state index contributed by atoms with van der Waals surface area (Å²) in [7, 11) is 0. The van der Waals surface area contributed by atoms with Crippen molar-refractivity contribution in [1.29, 1.82) is 0 Å². The van der Waals surface area contributed by atoms with Crippen LogP contribution in [0.15, 0.2) is 42.5 Å². The first-order chi connectivity index (χ1) is 13.6. The zero-order valence-corrected chi connectivity index (χ0v) is 17.0. The molecule has 0 saturated carbocycles. The molecule has 1 aliphatic heterocycles. The van der Waals surface area contributed by atoms with Crippen molar-refractivity contribution in [2.24, 2.45) is 5.73 Å². The number of halogens is 1. The lowest BCUT2D eigenvalue weighted by Crippen LogP contribution is -2.30. The molecule has 0 aromatic heterocycles. The van der Waals surface area contributed by atoms with Crippen LogP contribution in [0.3, 0.4) is 0 Å². The number of carbonyl (C=O) groups excluding carboxylic acids is 3. The zero-order chi connectivity index (χ0) is 20.1. The van der Waals surface area contributed by atoms with Crippen molar-refractivity contribution in [2.45, 2.75) is 19.9 Å². The van der Waals surface area contributed by atoms with E-state index >= 15 is 0 Å². The quantitative estimate of drug-likeness (QED) is 0.507. The maximum absolute atomic E-state index is 12.6. The number of nitrogens with one attached hydrogen (secondary N) is 1. The second-order valence-corrected chi connectivity index (χ2v) is 6.40. The van der Waals surface area contributed by atoms with E-state index in [1.807, 2.05) is 6.92 Å². The number of ether oxygens (including phenoxy) is 1. The maximum Gasteiger partial charge on any atom is 0.261 e. The standard InChI is InChI=1S/C21H23N3O4.ClH/c1-2-28-18-9-8-14(12-17(18)19(25)23-11-5-10-22)13-24-20(26)15-6-3-4-7-16(15)21(24)27;/h3-4,6-9,12H,2,5,10-11,13,22H2,1H3,(H,23,25);1H. The molecule has 3 rings (SSSR count). The minimum absolute atomic E-state index is 0. The van der Waals surface area contributed by atoms with Gasteiger partial charge in [0.15, 0.2) is 0 Å². The van der Waals surface area contributed by atoms with Crippen LogP contribution in [0.2, 0.25) is 0 Å². The second-order valence-electron chi connectivity index (χ2n) is 6.40. The molecule has 7 nitrogen and oxygen atoms in total. The molecule has 2 aromatic rings. The Labute approximate surface area is 175 Å². The molecule has 154 valence electrons. The van der Waals surface area contributed by atoms with Gasteiger partial charge in [-0.1, -0.05) is 18.2 Å². The Bertz CT molecular complexity index is 882. The Balaban J connectivity index is 0.00000300. The molecule has 3 amide bonds. The molecule has 1 aliphatic rings. The van der Waals surface area contributed by atoms with E-state index in [4.69, 9.17) is 10.5 Å². The predicted molar refractivity (Wildman–Crippen MR) is 112 cm³/mol. The number of hydrogen-bond acceptors (Lipinski definition) is 5. The highest BCUT2D eigenvalue weighted by Crippen LogP contribution is 2.26. The van der Waals surface area contributed by atoms with Gasteiger partial charge in [-0.3, -0.25) is 19.3 Å². The Morgan fingerprint density at radius 1 is 1.10 bits per heavy atom. The van der Waals surface area contributed by atoms with Crippen LogP contribution >= 0.6 is 12.4 Å². The van der Waals surface area contributed by atoms with Gasteiger partial charge in [-0.05, 0) is 49.7 Å². The lowest BCUT2D eigenvalue weighted by Gasteiger charge is -2.16. The van der Waals surface area contributed by atoms with E-state index in [0.29, 0.717) is 54.1 Å². The van der Waals surface area contributed by atoms with Crippen LogP contribution in [0, 0.1) is 0 Å². The predicted octanol–water partition coefficient (Wildman–Crippen LogP) is 2.38. The van der Waals surface area contributed by atoms with E-state index in [0.717, 1.165) is 0 Å². The van der Waals surface area contributed by atoms with Crippen molar-refractivity contribution < 1.29 is 19.1 Å². The third-order valence-corrected chi connectivity index (χ3v) is 4.47. The Morgan fingerprint density at radius 3 is 2.34 bits per heavy atom. The zero-order valence-electron chi connectivity index (χ0n) is 16.1. The van der Waals surface area contributed by atoms with Crippen LogP contribution in [0.4, 0.5) is 0 Å². The number of nitrogens with two attached hydrogens (primary N) is 1. The summed E-state index contributed by atoms with van der Waals surface area (Å²) in [5, 5.41) is 2.80. The Morgan fingerprint density at radius 2 is 1.76 bits per heavy atom. The van der Waals surface area contributed by atoms with Gasteiger partial charge in [-0.25, -0.2) is 0 Å². The molecular weight excluding hydrogens is 394 g/mol. The largest absolute Gasteiger partial charge is 0.493 e. The topological polar surface area (TPSA) is 102 Å². The molecule has 0 radical (unpaired) electrons. The number of hydrogen-bond donors (Lipinski definition) is 2. The fourth-order valence-electron chi connectivity index (χ4n) is 3.10. The van der Waals surface area contributed by atoms with E-state index in [1.54, 1.807) is 42.5 Å². The van der Waals surface area contributed by atoms with Gasteiger partial charge in [0.1, 0.15) is 5.75 Å². The van der Waals surface area contributed by atoms with Crippen molar-refractivity contribution in [3.8, 4) is 5.75 Å². The van der Waals surface area contributed by atoms with Crippen LogP contribution in [0.25, 0.3) is 0 Å². The number of imide groups is 1. The van der Waals surface area contributed by atoms with Gasteiger partial charge in [-0.2, -0.15) is 0 Å². The van der Waals surface area contributed by atoms with Crippen molar-refractivity contribution in [3.05, 3.63) is 64.7 Å². The number of fused-ring (bicyclic) bond motifs is 1. The number of carbonyl (C=O) groups is 3. The van der Waals surface area contributed by atoms with E-state index < -0.39 is 0 Å². The molecule has 0 spiro atoms. The van der Waals surface area contributed by atoms with Crippen LogP contribution < -0.4 is 15.8 Å². The van der Waals surface area contributed by atoms with Crippen molar-refractivity contribution >= 4 is 30.1 Å². The first-order valence-corrected chi connectivity index (χ1v) is 9.26. The van der Waals surface area contributed by atoms with Gasteiger partial charge < -0.3 is 15.8 Å². The summed E-state index contributed by atoms with van der Waals surface area (Å²) in [4.78, 5) is 38.9. The summed E-state index contributed by atoms with van der Waals surface area (Å²) >= 11 is 0. The van der Waals surface area contributed by atoms with Gasteiger partial charge in [0.05, 0.1) is 29.8 Å². The number of amides is 3. The molecule has 0 saturated heterocycles. The average Bonchev–Trinajstić information content (AvgIpc) is 2.94. The number of benzene rings is 2. The molecule has 2 aromatic carbocycles. The van der Waals surface area contributed by atoms with E-state index in [2.05, 4.69) is 5.32 Å². The minimum atomic E-state index is -0.330. The van der Waals surface area contributed by atoms with Crippen LogP contribution in [0.5, 0.6) is 5.75 Å². The molecule has 0 aliphatic carbocycles. The molecule has 0 fully saturated rings. The third kappa shape index (κ3) is 4.75. The van der Waals surface area contributed by atoms with E-state index in [1.165, 1.54) is 4.90 Å². The lowest BCUT2D eigenvalue weighted by atomic mass is 10.1. The first-order valence-electron chi connectivity index (χ1n) is 9.26. The summed E-state index contributed by atoms with van der Waals surface area (Å²) in [5.41, 5.74) is 7.30. The van der Waals surface area contributed by atoms with Crippen molar-refractivity contribution in [3.63, 3.8) is 0 Å². The Hall–Kier alpha value is -2.90. The van der Waals surface area contributed by atoms with Crippen molar-refractivity contribution in [1.82, 2.24) is 10.2 Å². The fraction of sp³-hybridized carbons (Fsp3) is 0.286. The van der Waals surface area contributed by atoms with E-state index in [-0.39, 0.29) is 36.7 Å². The number of rotatable bonds is 8. The third-order valence-electron chi connectivity index (χ3n) is 4.47. The minimum Gasteiger partial charge on any atom is -0.493 e. The SMILES string of the molecule is CCOc1ccc(CN2C(=O)c3ccccc3C2=O)cc1C(=O)NCCCN.Cl. The average molecular weight is 418 g/mol. The van der Waals surface area contributed by atoms with Gasteiger partial charge >= 0.3 is 0 Å². The first kappa shape index (κ1) is 22.4. The highest BCUT2D eigenvalue weighted by atomic mass is 35.5. The molecule has 29 heavy (non-hydrogen) atoms. The van der Waals surface area contributed by atoms with Gasteiger partial charge in [-0.15, -0.1) is 12.4 Å². The van der Waals surface area contributed by atoms with Crippen LogP contribution in [-0.4, -0.2) is 42.3 Å². The van der Waals surface area contributed by atoms with E-state index in [9.17, 15) is 14.4 Å². The smallest absolute Gasteiger partial charge is 0.261 e. The molecule has 8 heteroatoms. The molecule has 3 N–H and O–H groups in total. The highest BCUT2D eigenvalue weighted by molar-refractivity contribution is 6.21. The lowest BCUT2D eigenvalue weighted by molar-refractivity contribution is 0.0642. The Kier molecular flexibility index (Phi) is 7.75. The monoisotopic (exact) mass is 417 g/mol. The van der Waals surface area contributed by atoms with Crippen LogP contribution in [-0.2, 0) is 6.54 Å². The van der Waals surface area contributed by atoms with Gasteiger partial charge in [0.2, 0.25) is 0 Å². The summed E-state index contributed by atoms with van der Waals surface area (Å²) < 4.78 is 5.55. The molecule has 0 unspecified atom stereocenters. The number of nitrogens with zero attached hydrogens (tertiary/aromatic N) is 1. The van der Waals surface area contributed by atoms with Crippen molar-refractivity contribution in [2.75, 3.05) is 19.7 Å². The van der Waals surface area contributed by atoms with Gasteiger partial charge in [0, 0.05) is 6.54 Å².